The molecule has 0 aromatic heterocycles. The highest BCUT2D eigenvalue weighted by Gasteiger charge is 2.36. The fourth-order valence-corrected chi connectivity index (χ4v) is 1.68. The highest BCUT2D eigenvalue weighted by molar-refractivity contribution is 9.09. The van der Waals surface area contributed by atoms with Gasteiger partial charge in [-0.15, -0.1) is 0 Å². The SMILES string of the molecule is COc1cc(C(=O)CBr)c(C(F)(F)F)cc1C#N. The summed E-state index contributed by atoms with van der Waals surface area (Å²) in [6.07, 6.45) is -4.70. The highest BCUT2D eigenvalue weighted by atomic mass is 79.9. The molecule has 0 amide bonds. The number of hydrogen-bond donors (Lipinski definition) is 0. The van der Waals surface area contributed by atoms with Gasteiger partial charge in [0.05, 0.1) is 23.6 Å². The molecule has 0 aliphatic heterocycles. The fraction of sp³-hybridized carbons (Fsp3) is 0.273. The predicted molar refractivity (Wildman–Crippen MR) is 60.8 cm³/mol. The molecule has 0 bridgehead atoms. The molecular formula is C11H7BrF3NO2. The molecule has 1 rings (SSSR count). The summed E-state index contributed by atoms with van der Waals surface area (Å²) in [5, 5.41) is 8.49. The molecule has 0 aliphatic carbocycles. The van der Waals surface area contributed by atoms with Crippen LogP contribution in [0.1, 0.15) is 21.5 Å². The quantitative estimate of drug-likeness (QED) is 0.634. The second-order valence-corrected chi connectivity index (χ2v) is 3.83. The van der Waals surface area contributed by atoms with Gasteiger partial charge in [-0.05, 0) is 12.1 Å². The van der Waals surface area contributed by atoms with E-state index in [0.29, 0.717) is 6.07 Å². The van der Waals surface area contributed by atoms with Crippen molar-refractivity contribution in [1.29, 1.82) is 5.26 Å². The summed E-state index contributed by atoms with van der Waals surface area (Å²) < 4.78 is 43.1. The van der Waals surface area contributed by atoms with Crippen LogP contribution in [0.3, 0.4) is 0 Å². The van der Waals surface area contributed by atoms with Crippen molar-refractivity contribution in [2.24, 2.45) is 0 Å². The maximum atomic E-state index is 12.8. The van der Waals surface area contributed by atoms with Crippen molar-refractivity contribution in [3.8, 4) is 11.8 Å². The van der Waals surface area contributed by atoms with Gasteiger partial charge in [0, 0.05) is 5.56 Å². The lowest BCUT2D eigenvalue weighted by Gasteiger charge is -2.13. The lowest BCUT2D eigenvalue weighted by atomic mass is 10.00. The van der Waals surface area contributed by atoms with Crippen molar-refractivity contribution in [1.82, 2.24) is 0 Å². The molecule has 0 aliphatic rings. The third kappa shape index (κ3) is 2.82. The second kappa shape index (κ2) is 5.40. The minimum Gasteiger partial charge on any atom is -0.495 e. The van der Waals surface area contributed by atoms with E-state index in [-0.39, 0.29) is 16.6 Å². The first-order valence-electron chi connectivity index (χ1n) is 4.63. The number of benzene rings is 1. The number of nitrogens with zero attached hydrogens (tertiary/aromatic N) is 1. The summed E-state index contributed by atoms with van der Waals surface area (Å²) in [5.41, 5.74) is -1.92. The maximum Gasteiger partial charge on any atom is 0.417 e. The van der Waals surface area contributed by atoms with Crippen LogP contribution in [-0.4, -0.2) is 18.2 Å². The normalized spacial score (nSPS) is 10.9. The summed E-state index contributed by atoms with van der Waals surface area (Å²) in [4.78, 5) is 11.5. The van der Waals surface area contributed by atoms with Crippen molar-refractivity contribution in [3.63, 3.8) is 0 Å². The van der Waals surface area contributed by atoms with Gasteiger partial charge in [-0.3, -0.25) is 4.79 Å². The second-order valence-electron chi connectivity index (χ2n) is 3.26. The van der Waals surface area contributed by atoms with Crippen molar-refractivity contribution < 1.29 is 22.7 Å². The lowest BCUT2D eigenvalue weighted by molar-refractivity contribution is -0.137. The van der Waals surface area contributed by atoms with E-state index in [1.165, 1.54) is 7.11 Å². The standard InChI is InChI=1S/C11H7BrF3NO2/c1-18-10-3-7(9(17)4-12)8(11(13,14)15)2-6(10)5-16/h2-3H,4H2,1H3. The number of ketones is 1. The Labute approximate surface area is 109 Å². The number of alkyl halides is 4. The van der Waals surface area contributed by atoms with E-state index in [2.05, 4.69) is 15.9 Å². The van der Waals surface area contributed by atoms with Gasteiger partial charge in [0.15, 0.2) is 5.78 Å². The van der Waals surface area contributed by atoms with E-state index in [0.717, 1.165) is 6.07 Å². The van der Waals surface area contributed by atoms with Crippen LogP contribution >= 0.6 is 15.9 Å². The Balaban J connectivity index is 3.58. The topological polar surface area (TPSA) is 50.1 Å². The predicted octanol–water partition coefficient (Wildman–Crippen LogP) is 3.16. The summed E-state index contributed by atoms with van der Waals surface area (Å²) in [5.74, 6) is -0.792. The molecular weight excluding hydrogens is 315 g/mol. The molecule has 0 fully saturated rings. The number of rotatable bonds is 3. The van der Waals surface area contributed by atoms with Crippen LogP contribution in [0.25, 0.3) is 0 Å². The largest absolute Gasteiger partial charge is 0.495 e. The number of carbonyl (C=O) groups excluding carboxylic acids is 1. The Kier molecular flexibility index (Phi) is 4.35. The molecule has 0 spiro atoms. The van der Waals surface area contributed by atoms with Crippen LogP contribution < -0.4 is 4.74 Å². The zero-order valence-electron chi connectivity index (χ0n) is 9.14. The number of ether oxygens (including phenoxy) is 1. The monoisotopic (exact) mass is 321 g/mol. The Morgan fingerprint density at radius 1 is 1.50 bits per heavy atom. The van der Waals surface area contributed by atoms with Crippen LogP contribution in [0, 0.1) is 11.3 Å². The number of carbonyl (C=O) groups is 1. The molecule has 7 heteroatoms. The smallest absolute Gasteiger partial charge is 0.417 e. The number of hydrogen-bond acceptors (Lipinski definition) is 3. The molecule has 3 nitrogen and oxygen atoms in total. The maximum absolute atomic E-state index is 12.8. The molecule has 1 aromatic rings. The highest BCUT2D eigenvalue weighted by Crippen LogP contribution is 2.36. The average molecular weight is 322 g/mol. The van der Waals surface area contributed by atoms with Gasteiger partial charge >= 0.3 is 6.18 Å². The zero-order chi connectivity index (χ0) is 13.9. The van der Waals surface area contributed by atoms with Crippen molar-refractivity contribution in [2.45, 2.75) is 6.18 Å². The lowest BCUT2D eigenvalue weighted by Crippen LogP contribution is -2.14. The first-order valence-corrected chi connectivity index (χ1v) is 5.75. The van der Waals surface area contributed by atoms with Gasteiger partial charge < -0.3 is 4.74 Å². The summed E-state index contributed by atoms with van der Waals surface area (Å²) >= 11 is 2.81. The summed E-state index contributed by atoms with van der Waals surface area (Å²) in [6.45, 7) is 0. The molecule has 0 unspecified atom stereocenters. The van der Waals surface area contributed by atoms with E-state index in [1.807, 2.05) is 0 Å². The Hall–Kier alpha value is -1.55. The van der Waals surface area contributed by atoms with Gasteiger partial charge in [0.25, 0.3) is 0 Å². The third-order valence-corrected chi connectivity index (χ3v) is 2.70. The molecule has 0 saturated carbocycles. The van der Waals surface area contributed by atoms with Crippen LogP contribution in [-0.2, 0) is 6.18 Å². The van der Waals surface area contributed by atoms with Gasteiger partial charge in [-0.2, -0.15) is 18.4 Å². The third-order valence-electron chi connectivity index (χ3n) is 2.19. The molecule has 0 atom stereocenters. The van der Waals surface area contributed by atoms with Crippen molar-refractivity contribution in [2.75, 3.05) is 12.4 Å². The molecule has 0 heterocycles. The Morgan fingerprint density at radius 3 is 2.50 bits per heavy atom. The number of methoxy groups -OCH3 is 1. The van der Waals surface area contributed by atoms with E-state index in [1.54, 1.807) is 6.07 Å². The van der Waals surface area contributed by atoms with E-state index in [9.17, 15) is 18.0 Å². The van der Waals surface area contributed by atoms with Crippen molar-refractivity contribution >= 4 is 21.7 Å². The molecule has 0 N–H and O–H groups in total. The number of nitriles is 1. The first kappa shape index (κ1) is 14.5. The minimum atomic E-state index is -4.70. The van der Waals surface area contributed by atoms with Gasteiger partial charge in [0.1, 0.15) is 11.8 Å². The Bertz CT molecular complexity index is 520. The van der Waals surface area contributed by atoms with Crippen LogP contribution in [0.4, 0.5) is 13.2 Å². The van der Waals surface area contributed by atoms with Gasteiger partial charge in [0.2, 0.25) is 0 Å². The van der Waals surface area contributed by atoms with E-state index in [4.69, 9.17) is 10.00 Å². The van der Waals surface area contributed by atoms with Crippen LogP contribution in [0.2, 0.25) is 0 Å². The molecule has 0 radical (unpaired) electrons. The number of halogens is 4. The molecule has 96 valence electrons. The number of Topliss-reactive ketones (excluding diaryl/α,β-unsaturated/α-hetero) is 1. The van der Waals surface area contributed by atoms with E-state index < -0.39 is 23.1 Å². The zero-order valence-corrected chi connectivity index (χ0v) is 10.7. The van der Waals surface area contributed by atoms with Crippen LogP contribution in [0.15, 0.2) is 12.1 Å². The first-order chi connectivity index (χ1) is 8.35. The molecule has 0 saturated heterocycles. The average Bonchev–Trinajstić information content (AvgIpc) is 2.34. The van der Waals surface area contributed by atoms with Gasteiger partial charge in [-0.1, -0.05) is 15.9 Å². The molecule has 1 aromatic carbocycles. The van der Waals surface area contributed by atoms with Gasteiger partial charge in [-0.25, -0.2) is 0 Å². The summed E-state index contributed by atoms with van der Waals surface area (Å²) in [7, 11) is 1.21. The van der Waals surface area contributed by atoms with Crippen molar-refractivity contribution in [3.05, 3.63) is 28.8 Å². The minimum absolute atomic E-state index is 0.0604. The van der Waals surface area contributed by atoms with E-state index >= 15 is 0 Å². The fourth-order valence-electron chi connectivity index (χ4n) is 1.37. The van der Waals surface area contributed by atoms with Crippen LogP contribution in [0.5, 0.6) is 5.75 Å². The Morgan fingerprint density at radius 2 is 2.11 bits per heavy atom. The summed E-state index contributed by atoms with van der Waals surface area (Å²) in [6, 6.07) is 3.15. The molecule has 18 heavy (non-hydrogen) atoms.